The number of allylic oxidation sites excluding steroid dienone is 3. The summed E-state index contributed by atoms with van der Waals surface area (Å²) in [4.78, 5) is 57.9. The number of esters is 1. The summed E-state index contributed by atoms with van der Waals surface area (Å²) in [7, 11) is 3.07. The van der Waals surface area contributed by atoms with E-state index in [0.717, 1.165) is 16.9 Å². The zero-order valence-corrected chi connectivity index (χ0v) is 34.9. The number of ether oxygens (including phenoxy) is 4. The number of Topliss-reactive ketones (excluding diaryl/α,β-unsaturated/α-hetero) is 2. The lowest BCUT2D eigenvalue weighted by Crippen LogP contribution is -2.64. The summed E-state index contributed by atoms with van der Waals surface area (Å²) in [6.45, 7) is 11.2. The normalized spacial score (nSPS) is 39.6. The van der Waals surface area contributed by atoms with Crippen LogP contribution in [0.15, 0.2) is 23.3 Å². The molecule has 2 bridgehead atoms. The van der Waals surface area contributed by atoms with Crippen LogP contribution in [0.25, 0.3) is 0 Å². The molecule has 0 radical (unpaired) electrons. The van der Waals surface area contributed by atoms with Gasteiger partial charge in [0.25, 0.3) is 11.7 Å². The van der Waals surface area contributed by atoms with Gasteiger partial charge in [-0.2, -0.15) is 0 Å². The number of rotatable bonds is 8. The standard InChI is InChI=1S/C43H69NO12/c1-9-12-30-18-24(2)17-25(3)19-36(53-7)39-37(54-8)21-27(5)43(52,56-39)40(49)41(50)44-16-11-10-13-31(44)42(51)55-35(23-33(30)46)28(6)38(48)26(4)20-29-14-15-32(45)34(47)22-29/h18,20,25,27-32,34-39,45,47-48,52H,9-17,19,21-23H2,1-8H3/b24-18+,26-20+/t25?,27-,28-,29+,30-,31+,32-,34-,35?,36+,37+,38-,39-,43-/m1/s1. The van der Waals surface area contributed by atoms with Crippen molar-refractivity contribution in [2.45, 2.75) is 173 Å². The maximum Gasteiger partial charge on any atom is 0.329 e. The third-order valence-electron chi connectivity index (χ3n) is 12.8. The van der Waals surface area contributed by atoms with Crippen molar-refractivity contribution >= 4 is 23.4 Å². The summed E-state index contributed by atoms with van der Waals surface area (Å²) in [5.41, 5.74) is 1.59. The number of nitrogens with zero attached hydrogens (tertiary/aromatic N) is 1. The molecule has 56 heavy (non-hydrogen) atoms. The number of hydrogen-bond acceptors (Lipinski definition) is 12. The smallest absolute Gasteiger partial charge is 0.329 e. The van der Waals surface area contributed by atoms with Crippen molar-refractivity contribution in [3.63, 3.8) is 0 Å². The van der Waals surface area contributed by atoms with E-state index in [4.69, 9.17) is 18.9 Å². The highest BCUT2D eigenvalue weighted by molar-refractivity contribution is 6.39. The van der Waals surface area contributed by atoms with Gasteiger partial charge in [-0.05, 0) is 95.5 Å². The number of hydrogen-bond donors (Lipinski definition) is 4. The Labute approximate surface area is 333 Å². The molecule has 2 saturated heterocycles. The molecule has 318 valence electrons. The third-order valence-corrected chi connectivity index (χ3v) is 12.8. The number of aliphatic hydroxyl groups excluding tert-OH is 3. The van der Waals surface area contributed by atoms with E-state index in [2.05, 4.69) is 6.92 Å². The molecule has 3 aliphatic heterocycles. The van der Waals surface area contributed by atoms with Gasteiger partial charge in [-0.25, -0.2) is 4.79 Å². The molecule has 3 heterocycles. The Balaban J connectivity index is 1.74. The molecule has 1 aliphatic carbocycles. The van der Waals surface area contributed by atoms with E-state index >= 15 is 0 Å². The average molecular weight is 792 g/mol. The second-order valence-electron chi connectivity index (χ2n) is 17.3. The summed E-state index contributed by atoms with van der Waals surface area (Å²) in [6.07, 6.45) is 3.21. The van der Waals surface area contributed by atoms with E-state index in [1.54, 1.807) is 20.8 Å². The molecule has 4 aliphatic rings. The van der Waals surface area contributed by atoms with Gasteiger partial charge < -0.3 is 44.3 Å². The fourth-order valence-electron chi connectivity index (χ4n) is 9.34. The van der Waals surface area contributed by atoms with Crippen LogP contribution in [0.5, 0.6) is 0 Å². The number of ketones is 2. The minimum absolute atomic E-state index is 0.0304. The number of fused-ring (bicyclic) bond motifs is 3. The molecule has 1 amide bonds. The highest BCUT2D eigenvalue weighted by Gasteiger charge is 2.56. The van der Waals surface area contributed by atoms with Gasteiger partial charge in [0.15, 0.2) is 0 Å². The van der Waals surface area contributed by atoms with Crippen LogP contribution >= 0.6 is 0 Å². The Morgan fingerprint density at radius 3 is 2.32 bits per heavy atom. The van der Waals surface area contributed by atoms with Gasteiger partial charge in [-0.3, -0.25) is 14.4 Å². The molecule has 0 spiro atoms. The van der Waals surface area contributed by atoms with Crippen LogP contribution in [-0.4, -0.2) is 124 Å². The van der Waals surface area contributed by atoms with E-state index in [9.17, 15) is 39.6 Å². The monoisotopic (exact) mass is 791 g/mol. The first-order valence-corrected chi connectivity index (χ1v) is 20.9. The molecule has 4 rings (SSSR count). The molecular weight excluding hydrogens is 722 g/mol. The number of amides is 1. The molecule has 3 fully saturated rings. The Hall–Kier alpha value is -2.52. The van der Waals surface area contributed by atoms with E-state index < -0.39 is 90.0 Å². The zero-order valence-electron chi connectivity index (χ0n) is 34.9. The van der Waals surface area contributed by atoms with Gasteiger partial charge in [0.2, 0.25) is 5.79 Å². The van der Waals surface area contributed by atoms with Crippen LogP contribution in [0.4, 0.5) is 0 Å². The first-order valence-electron chi connectivity index (χ1n) is 20.9. The molecule has 0 aromatic rings. The summed E-state index contributed by atoms with van der Waals surface area (Å²) in [5.74, 6) is -7.74. The van der Waals surface area contributed by atoms with Crippen LogP contribution < -0.4 is 0 Å². The molecule has 13 nitrogen and oxygen atoms in total. The maximum absolute atomic E-state index is 14.2. The topological polar surface area (TPSA) is 189 Å². The van der Waals surface area contributed by atoms with Crippen LogP contribution in [0.2, 0.25) is 0 Å². The molecule has 4 N–H and O–H groups in total. The molecular formula is C43H69NO12. The quantitative estimate of drug-likeness (QED) is 0.156. The summed E-state index contributed by atoms with van der Waals surface area (Å²) >= 11 is 0. The molecule has 1 saturated carbocycles. The number of carbonyl (C=O) groups excluding carboxylic acids is 4. The molecule has 0 aromatic heterocycles. The van der Waals surface area contributed by atoms with E-state index in [1.165, 1.54) is 14.2 Å². The first kappa shape index (κ1) is 46.2. The predicted molar refractivity (Wildman–Crippen MR) is 208 cm³/mol. The van der Waals surface area contributed by atoms with Crippen molar-refractivity contribution in [3.05, 3.63) is 23.3 Å². The Morgan fingerprint density at radius 2 is 1.68 bits per heavy atom. The number of methoxy groups -OCH3 is 2. The van der Waals surface area contributed by atoms with Gasteiger partial charge in [0.1, 0.15) is 24.0 Å². The highest BCUT2D eigenvalue weighted by Crippen LogP contribution is 2.39. The van der Waals surface area contributed by atoms with Crippen molar-refractivity contribution in [2.24, 2.45) is 29.6 Å². The van der Waals surface area contributed by atoms with Gasteiger partial charge >= 0.3 is 5.97 Å². The first-order chi connectivity index (χ1) is 26.4. The summed E-state index contributed by atoms with van der Waals surface area (Å²) < 4.78 is 24.1. The van der Waals surface area contributed by atoms with Gasteiger partial charge in [0, 0.05) is 44.9 Å². The highest BCUT2D eigenvalue weighted by atomic mass is 16.7. The average Bonchev–Trinajstić information content (AvgIpc) is 3.17. The number of aliphatic hydroxyl groups is 4. The van der Waals surface area contributed by atoms with Gasteiger partial charge in [-0.15, -0.1) is 0 Å². The molecule has 14 atom stereocenters. The van der Waals surface area contributed by atoms with Gasteiger partial charge in [0.05, 0.1) is 30.5 Å². The van der Waals surface area contributed by atoms with Crippen molar-refractivity contribution in [1.29, 1.82) is 0 Å². The minimum atomic E-state index is -2.50. The lowest BCUT2D eigenvalue weighted by atomic mass is 9.81. The predicted octanol–water partition coefficient (Wildman–Crippen LogP) is 4.21. The number of carbonyl (C=O) groups is 4. The number of piperidine rings is 1. The van der Waals surface area contributed by atoms with Crippen LogP contribution in [0, 0.1) is 29.6 Å². The molecule has 13 heteroatoms. The Morgan fingerprint density at radius 1 is 1.00 bits per heavy atom. The minimum Gasteiger partial charge on any atom is -0.460 e. The lowest BCUT2D eigenvalue weighted by molar-refractivity contribution is -0.302. The van der Waals surface area contributed by atoms with E-state index in [0.29, 0.717) is 56.9 Å². The SMILES string of the molecule is CCC[C@@H]1/C=C(\C)CC(C)C[C@H](OC)[C@H]2O[C@@](O)(C(=O)C(=O)N3CCCC[C@H]3C(=O)OC([C@@H](C)[C@H](O)/C(C)=C/[C@@H]3CC[C@@H](O)[C@H](O)C3)CC1=O)[C@H](C)C[C@@H]2OC. The van der Waals surface area contributed by atoms with Gasteiger partial charge in [-0.1, -0.05) is 51.8 Å². The zero-order chi connectivity index (χ0) is 41.5. The molecule has 2 unspecified atom stereocenters. The van der Waals surface area contributed by atoms with Crippen LogP contribution in [-0.2, 0) is 38.1 Å². The molecule has 0 aromatic carbocycles. The maximum atomic E-state index is 14.2. The van der Waals surface area contributed by atoms with Crippen molar-refractivity contribution < 1.29 is 58.6 Å². The third kappa shape index (κ3) is 10.9. The fourth-order valence-corrected chi connectivity index (χ4v) is 9.34. The fraction of sp³-hybridized carbons (Fsp3) is 0.814. The summed E-state index contributed by atoms with van der Waals surface area (Å²) in [6, 6.07) is -1.16. The van der Waals surface area contributed by atoms with Crippen molar-refractivity contribution in [1.82, 2.24) is 4.90 Å². The second-order valence-corrected chi connectivity index (χ2v) is 17.3. The van der Waals surface area contributed by atoms with Crippen molar-refractivity contribution in [2.75, 3.05) is 20.8 Å². The lowest BCUT2D eigenvalue weighted by Gasteiger charge is -2.47. The van der Waals surface area contributed by atoms with Crippen molar-refractivity contribution in [3.8, 4) is 0 Å². The Kier molecular flexibility index (Phi) is 16.9. The van der Waals surface area contributed by atoms with E-state index in [-0.39, 0.29) is 43.4 Å². The number of cyclic esters (lactones) is 1. The summed E-state index contributed by atoms with van der Waals surface area (Å²) in [5, 5.41) is 43.9. The van der Waals surface area contributed by atoms with Crippen LogP contribution in [0.1, 0.15) is 119 Å². The largest absolute Gasteiger partial charge is 0.460 e. The Bertz CT molecular complexity index is 1430. The van der Waals surface area contributed by atoms with Crippen LogP contribution in [0.3, 0.4) is 0 Å². The van der Waals surface area contributed by atoms with E-state index in [1.807, 2.05) is 26.0 Å². The second kappa shape index (κ2) is 20.4.